The van der Waals surface area contributed by atoms with Gasteiger partial charge in [0.25, 0.3) is 5.91 Å². The Balaban J connectivity index is 1.29. The number of imide groups is 1. The summed E-state index contributed by atoms with van der Waals surface area (Å²) in [5, 5.41) is 3.04. The maximum absolute atomic E-state index is 13.9. The number of urea groups is 1. The van der Waals surface area contributed by atoms with Crippen LogP contribution in [-0.2, 0) is 16.9 Å². The molecule has 0 bridgehead atoms. The fraction of sp³-hybridized carbons (Fsp3) is 0.310. The third-order valence-corrected chi connectivity index (χ3v) is 7.16. The molecule has 2 aliphatic heterocycles. The molecule has 0 aliphatic carbocycles. The van der Waals surface area contributed by atoms with Crippen molar-refractivity contribution in [2.75, 3.05) is 40.0 Å². The molecule has 186 valence electrons. The Labute approximate surface area is 212 Å². The second kappa shape index (κ2) is 10.1. The predicted molar refractivity (Wildman–Crippen MR) is 138 cm³/mol. The lowest BCUT2D eigenvalue weighted by atomic mass is 9.83. The first-order chi connectivity index (χ1) is 17.5. The molecule has 2 saturated heterocycles. The van der Waals surface area contributed by atoms with Gasteiger partial charge in [-0.15, -0.1) is 0 Å². The molecule has 3 amide bonds. The van der Waals surface area contributed by atoms with Gasteiger partial charge in [-0.1, -0.05) is 78.4 Å². The van der Waals surface area contributed by atoms with E-state index in [1.54, 1.807) is 7.11 Å². The molecule has 0 unspecified atom stereocenters. The van der Waals surface area contributed by atoms with Crippen LogP contribution in [0.2, 0.25) is 0 Å². The van der Waals surface area contributed by atoms with Crippen molar-refractivity contribution in [1.82, 2.24) is 20.0 Å². The highest BCUT2D eigenvalue weighted by Gasteiger charge is 2.53. The van der Waals surface area contributed by atoms with Crippen LogP contribution >= 0.6 is 0 Å². The minimum atomic E-state index is -1.22. The number of rotatable bonds is 7. The summed E-state index contributed by atoms with van der Waals surface area (Å²) in [6.45, 7) is 6.42. The van der Waals surface area contributed by atoms with Crippen LogP contribution in [0.4, 0.5) is 4.79 Å². The van der Waals surface area contributed by atoms with Crippen LogP contribution in [-0.4, -0.2) is 66.6 Å². The zero-order valence-electron chi connectivity index (χ0n) is 20.8. The molecule has 5 rings (SSSR count). The van der Waals surface area contributed by atoms with Crippen LogP contribution in [0.3, 0.4) is 0 Å². The summed E-state index contributed by atoms with van der Waals surface area (Å²) in [5.74, 6) is 0.664. The highest BCUT2D eigenvalue weighted by Crippen LogP contribution is 2.36. The van der Waals surface area contributed by atoms with Gasteiger partial charge < -0.3 is 10.1 Å². The van der Waals surface area contributed by atoms with E-state index >= 15 is 0 Å². The van der Waals surface area contributed by atoms with Gasteiger partial charge in [0.05, 0.1) is 13.8 Å². The van der Waals surface area contributed by atoms with Gasteiger partial charge >= 0.3 is 6.03 Å². The topological polar surface area (TPSA) is 65.1 Å². The average Bonchev–Trinajstić information content (AvgIpc) is 3.16. The standard InChI is InChI=1S/C29H32N4O3/c1-22-13-14-26(36-2)23(19-22)20-31-15-17-32(18-16-31)21-33-27(34)29(30-28(33)35,24-9-5-3-6-10-24)25-11-7-4-8-12-25/h3-14,19H,15-18,20-21H2,1-2H3,(H,30,35). The van der Waals surface area contributed by atoms with E-state index in [4.69, 9.17) is 4.74 Å². The van der Waals surface area contributed by atoms with Crippen LogP contribution in [0, 0.1) is 6.92 Å². The van der Waals surface area contributed by atoms with E-state index in [2.05, 4.69) is 34.2 Å². The number of hydrogen-bond donors (Lipinski definition) is 1. The lowest BCUT2D eigenvalue weighted by molar-refractivity contribution is -0.132. The van der Waals surface area contributed by atoms with E-state index in [1.165, 1.54) is 16.0 Å². The number of hydrogen-bond acceptors (Lipinski definition) is 5. The Hall–Kier alpha value is -3.68. The van der Waals surface area contributed by atoms with E-state index in [-0.39, 0.29) is 18.6 Å². The van der Waals surface area contributed by atoms with Gasteiger partial charge in [-0.3, -0.25) is 14.6 Å². The number of nitrogens with zero attached hydrogens (tertiary/aromatic N) is 3. The van der Waals surface area contributed by atoms with Crippen molar-refractivity contribution in [1.29, 1.82) is 0 Å². The molecule has 2 heterocycles. The quantitative estimate of drug-likeness (QED) is 0.520. The van der Waals surface area contributed by atoms with Gasteiger partial charge in [0.1, 0.15) is 5.75 Å². The molecule has 0 saturated carbocycles. The number of piperazine rings is 1. The average molecular weight is 485 g/mol. The molecule has 0 spiro atoms. The monoisotopic (exact) mass is 484 g/mol. The molecule has 0 radical (unpaired) electrons. The minimum absolute atomic E-state index is 0.239. The first kappa shape index (κ1) is 24.0. The SMILES string of the molecule is COc1ccc(C)cc1CN1CCN(CN2C(=O)NC(c3ccccc3)(c3ccccc3)C2=O)CC1. The van der Waals surface area contributed by atoms with Gasteiger partial charge in [0, 0.05) is 38.3 Å². The Morgan fingerprint density at radius 1 is 0.833 bits per heavy atom. The number of methoxy groups -OCH3 is 1. The van der Waals surface area contributed by atoms with Crippen LogP contribution in [0.5, 0.6) is 5.75 Å². The Kier molecular flexibility index (Phi) is 6.76. The molecule has 2 fully saturated rings. The number of carbonyl (C=O) groups excluding carboxylic acids is 2. The lowest BCUT2D eigenvalue weighted by Gasteiger charge is -2.36. The summed E-state index contributed by atoms with van der Waals surface area (Å²) in [7, 11) is 1.70. The maximum atomic E-state index is 13.9. The van der Waals surface area contributed by atoms with E-state index < -0.39 is 5.54 Å². The van der Waals surface area contributed by atoms with Gasteiger partial charge in [0.15, 0.2) is 5.54 Å². The Morgan fingerprint density at radius 2 is 1.42 bits per heavy atom. The third kappa shape index (κ3) is 4.47. The van der Waals surface area contributed by atoms with Crippen molar-refractivity contribution in [2.24, 2.45) is 0 Å². The van der Waals surface area contributed by atoms with Crippen LogP contribution < -0.4 is 10.1 Å². The van der Waals surface area contributed by atoms with E-state index in [9.17, 15) is 9.59 Å². The number of aryl methyl sites for hydroxylation is 1. The van der Waals surface area contributed by atoms with Crippen molar-refractivity contribution < 1.29 is 14.3 Å². The van der Waals surface area contributed by atoms with Crippen LogP contribution in [0.25, 0.3) is 0 Å². The molecule has 1 N–H and O–H groups in total. The number of amides is 3. The van der Waals surface area contributed by atoms with Crippen molar-refractivity contribution in [3.8, 4) is 5.75 Å². The number of benzene rings is 3. The second-order valence-electron chi connectivity index (χ2n) is 9.50. The number of carbonyl (C=O) groups is 2. The summed E-state index contributed by atoms with van der Waals surface area (Å²) in [6, 6.07) is 24.9. The molecule has 2 aliphatic rings. The predicted octanol–water partition coefficient (Wildman–Crippen LogP) is 3.57. The highest BCUT2D eigenvalue weighted by molar-refractivity contribution is 6.09. The Morgan fingerprint density at radius 3 is 2.00 bits per heavy atom. The molecular weight excluding hydrogens is 452 g/mol. The smallest absolute Gasteiger partial charge is 0.326 e. The first-order valence-corrected chi connectivity index (χ1v) is 12.3. The largest absolute Gasteiger partial charge is 0.496 e. The molecule has 3 aromatic rings. The first-order valence-electron chi connectivity index (χ1n) is 12.3. The van der Waals surface area contributed by atoms with Crippen molar-refractivity contribution in [3.63, 3.8) is 0 Å². The number of ether oxygens (including phenoxy) is 1. The summed E-state index contributed by atoms with van der Waals surface area (Å²) in [5.41, 5.74) is 2.69. The zero-order chi connectivity index (χ0) is 25.1. The maximum Gasteiger partial charge on any atom is 0.326 e. The summed E-state index contributed by atoms with van der Waals surface area (Å²) >= 11 is 0. The molecule has 0 aromatic heterocycles. The minimum Gasteiger partial charge on any atom is -0.496 e. The Bertz CT molecular complexity index is 1180. The van der Waals surface area contributed by atoms with E-state index in [0.29, 0.717) is 0 Å². The van der Waals surface area contributed by atoms with Gasteiger partial charge in [0.2, 0.25) is 0 Å². The molecule has 36 heavy (non-hydrogen) atoms. The zero-order valence-corrected chi connectivity index (χ0v) is 20.8. The van der Waals surface area contributed by atoms with E-state index in [1.807, 2.05) is 66.7 Å². The molecule has 3 aromatic carbocycles. The lowest BCUT2D eigenvalue weighted by Crippen LogP contribution is -2.51. The van der Waals surface area contributed by atoms with E-state index in [0.717, 1.165) is 49.6 Å². The van der Waals surface area contributed by atoms with Crippen LogP contribution in [0.1, 0.15) is 22.3 Å². The second-order valence-corrected chi connectivity index (χ2v) is 9.50. The molecule has 7 heteroatoms. The van der Waals surface area contributed by atoms with Gasteiger partial charge in [-0.05, 0) is 24.1 Å². The normalized spacial score (nSPS) is 18.3. The molecule has 0 atom stereocenters. The van der Waals surface area contributed by atoms with Gasteiger partial charge in [-0.2, -0.15) is 0 Å². The van der Waals surface area contributed by atoms with Crippen LogP contribution in [0.15, 0.2) is 78.9 Å². The molecular formula is C29H32N4O3. The van der Waals surface area contributed by atoms with Crippen molar-refractivity contribution in [3.05, 3.63) is 101 Å². The fourth-order valence-electron chi connectivity index (χ4n) is 5.20. The third-order valence-electron chi connectivity index (χ3n) is 7.16. The highest BCUT2D eigenvalue weighted by atomic mass is 16.5. The van der Waals surface area contributed by atoms with Crippen molar-refractivity contribution in [2.45, 2.75) is 19.0 Å². The summed E-state index contributed by atoms with van der Waals surface area (Å²) in [4.78, 5) is 33.0. The summed E-state index contributed by atoms with van der Waals surface area (Å²) < 4.78 is 5.54. The van der Waals surface area contributed by atoms with Crippen molar-refractivity contribution >= 4 is 11.9 Å². The fourth-order valence-corrected chi connectivity index (χ4v) is 5.20. The molecule has 7 nitrogen and oxygen atoms in total. The summed E-state index contributed by atoms with van der Waals surface area (Å²) in [6.07, 6.45) is 0. The number of nitrogens with one attached hydrogen (secondary N) is 1. The van der Waals surface area contributed by atoms with Gasteiger partial charge in [-0.25, -0.2) is 9.69 Å².